The fourth-order valence-electron chi connectivity index (χ4n) is 1.17. The third kappa shape index (κ3) is 3.88. The molecule has 1 rings (SSSR count). The van der Waals surface area contributed by atoms with E-state index in [0.717, 1.165) is 23.5 Å². The van der Waals surface area contributed by atoms with Gasteiger partial charge < -0.3 is 10.2 Å². The maximum atomic E-state index is 11.3. The molecule has 90 valence electrons. The molecular formula is C10H17N3O2S. The molecule has 1 heterocycles. The lowest BCUT2D eigenvalue weighted by molar-refractivity contribution is 0.0925. The molecule has 0 radical (unpaired) electrons. The average molecular weight is 243 g/mol. The van der Waals surface area contributed by atoms with Crippen LogP contribution in [0.2, 0.25) is 0 Å². The quantitative estimate of drug-likeness (QED) is 0.298. The van der Waals surface area contributed by atoms with Crippen LogP contribution in [0.5, 0.6) is 0 Å². The molecule has 1 unspecified atom stereocenters. The van der Waals surface area contributed by atoms with E-state index in [1.165, 1.54) is 6.26 Å². The molecule has 5 N–H and O–H groups in total. The number of nitrogens with two attached hydrogens (primary N) is 2. The fraction of sp³-hybridized carbons (Fsp3) is 0.500. The lowest BCUT2D eigenvalue weighted by atomic mass is 10.3. The van der Waals surface area contributed by atoms with Gasteiger partial charge in [0.15, 0.2) is 5.76 Å². The van der Waals surface area contributed by atoms with Gasteiger partial charge in [0.2, 0.25) is 0 Å². The Kier molecular flexibility index (Phi) is 5.37. The van der Waals surface area contributed by atoms with Crippen LogP contribution in [0.15, 0.2) is 16.7 Å². The number of nitrogens with one attached hydrogen (secondary N) is 1. The van der Waals surface area contributed by atoms with Crippen molar-refractivity contribution in [1.29, 1.82) is 0 Å². The van der Waals surface area contributed by atoms with Gasteiger partial charge in [0.1, 0.15) is 0 Å². The molecule has 0 fully saturated rings. The standard InChI is InChI=1S/C10H17N3O2S/c1-7(11)3-5-16-6-8-2-4-15-9(8)10(14)13-12/h2,4,7H,3,5-6,11-12H2,1H3,(H,13,14). The van der Waals surface area contributed by atoms with Gasteiger partial charge in [0.05, 0.1) is 6.26 Å². The first kappa shape index (κ1) is 13.1. The van der Waals surface area contributed by atoms with Crippen molar-refractivity contribution in [2.75, 3.05) is 5.75 Å². The Morgan fingerprint density at radius 3 is 3.06 bits per heavy atom. The van der Waals surface area contributed by atoms with Crippen LogP contribution in [0, 0.1) is 0 Å². The molecule has 0 spiro atoms. The SMILES string of the molecule is CC(N)CCSCc1ccoc1C(=O)NN. The Morgan fingerprint density at radius 1 is 1.69 bits per heavy atom. The highest BCUT2D eigenvalue weighted by Crippen LogP contribution is 2.18. The van der Waals surface area contributed by atoms with Gasteiger partial charge in [-0.25, -0.2) is 5.84 Å². The van der Waals surface area contributed by atoms with Gasteiger partial charge in [-0.3, -0.25) is 10.2 Å². The topological polar surface area (TPSA) is 94.3 Å². The van der Waals surface area contributed by atoms with Crippen molar-refractivity contribution < 1.29 is 9.21 Å². The van der Waals surface area contributed by atoms with Crippen LogP contribution in [-0.2, 0) is 5.75 Å². The Hall–Kier alpha value is -0.980. The largest absolute Gasteiger partial charge is 0.459 e. The van der Waals surface area contributed by atoms with Crippen LogP contribution in [0.1, 0.15) is 29.5 Å². The summed E-state index contributed by atoms with van der Waals surface area (Å²) in [5, 5.41) is 0. The van der Waals surface area contributed by atoms with E-state index in [4.69, 9.17) is 16.0 Å². The van der Waals surface area contributed by atoms with Crippen molar-refractivity contribution in [2.45, 2.75) is 25.1 Å². The van der Waals surface area contributed by atoms with Crippen LogP contribution in [-0.4, -0.2) is 17.7 Å². The maximum Gasteiger partial charge on any atom is 0.301 e. The van der Waals surface area contributed by atoms with Crippen molar-refractivity contribution in [2.24, 2.45) is 11.6 Å². The molecular weight excluding hydrogens is 226 g/mol. The number of furan rings is 1. The Morgan fingerprint density at radius 2 is 2.44 bits per heavy atom. The highest BCUT2D eigenvalue weighted by molar-refractivity contribution is 7.98. The summed E-state index contributed by atoms with van der Waals surface area (Å²) in [7, 11) is 0. The second kappa shape index (κ2) is 6.57. The molecule has 1 aromatic rings. The van der Waals surface area contributed by atoms with Gasteiger partial charge in [0.25, 0.3) is 0 Å². The second-order valence-electron chi connectivity index (χ2n) is 3.57. The molecule has 1 amide bonds. The summed E-state index contributed by atoms with van der Waals surface area (Å²) in [5.41, 5.74) is 8.55. The Labute approximate surface area is 98.9 Å². The first-order valence-electron chi connectivity index (χ1n) is 5.05. The molecule has 16 heavy (non-hydrogen) atoms. The summed E-state index contributed by atoms with van der Waals surface area (Å²) >= 11 is 1.72. The molecule has 1 atom stereocenters. The number of hydrazine groups is 1. The van der Waals surface area contributed by atoms with E-state index in [2.05, 4.69) is 5.43 Å². The van der Waals surface area contributed by atoms with Crippen molar-refractivity contribution in [3.8, 4) is 0 Å². The summed E-state index contributed by atoms with van der Waals surface area (Å²) < 4.78 is 5.07. The summed E-state index contributed by atoms with van der Waals surface area (Å²) in [6, 6.07) is 1.99. The van der Waals surface area contributed by atoms with Gasteiger partial charge in [-0.2, -0.15) is 11.8 Å². The highest BCUT2D eigenvalue weighted by Gasteiger charge is 2.13. The molecule has 0 aromatic carbocycles. The van der Waals surface area contributed by atoms with E-state index >= 15 is 0 Å². The van der Waals surface area contributed by atoms with Gasteiger partial charge in [-0.15, -0.1) is 0 Å². The van der Waals surface area contributed by atoms with Gasteiger partial charge >= 0.3 is 5.91 Å². The van der Waals surface area contributed by atoms with Crippen LogP contribution in [0.25, 0.3) is 0 Å². The molecule has 0 aliphatic rings. The van der Waals surface area contributed by atoms with E-state index in [9.17, 15) is 4.79 Å². The van der Waals surface area contributed by atoms with E-state index in [0.29, 0.717) is 0 Å². The molecule has 0 saturated carbocycles. The van der Waals surface area contributed by atoms with Gasteiger partial charge in [-0.1, -0.05) is 0 Å². The zero-order valence-electron chi connectivity index (χ0n) is 9.23. The number of hydrogen-bond donors (Lipinski definition) is 3. The third-order valence-electron chi connectivity index (χ3n) is 2.06. The minimum absolute atomic E-state index is 0.212. The number of nitrogen functional groups attached to an aromatic ring is 1. The minimum Gasteiger partial charge on any atom is -0.459 e. The summed E-state index contributed by atoms with van der Waals surface area (Å²) in [4.78, 5) is 11.3. The lowest BCUT2D eigenvalue weighted by Crippen LogP contribution is -2.30. The van der Waals surface area contributed by atoms with Crippen LogP contribution in [0.4, 0.5) is 0 Å². The second-order valence-corrected chi connectivity index (χ2v) is 4.67. The molecule has 0 aliphatic heterocycles. The summed E-state index contributed by atoms with van der Waals surface area (Å²) in [6.45, 7) is 1.98. The summed E-state index contributed by atoms with van der Waals surface area (Å²) in [5.74, 6) is 6.63. The number of rotatable bonds is 6. The van der Waals surface area contributed by atoms with Crippen LogP contribution < -0.4 is 17.0 Å². The zero-order chi connectivity index (χ0) is 12.0. The Balaban J connectivity index is 2.42. The van der Waals surface area contributed by atoms with Crippen molar-refractivity contribution in [3.63, 3.8) is 0 Å². The predicted molar refractivity (Wildman–Crippen MR) is 64.8 cm³/mol. The minimum atomic E-state index is -0.396. The van der Waals surface area contributed by atoms with E-state index in [1.54, 1.807) is 17.8 Å². The fourth-order valence-corrected chi connectivity index (χ4v) is 2.30. The predicted octanol–water partition coefficient (Wildman–Crippen LogP) is 0.854. The van der Waals surface area contributed by atoms with Crippen LogP contribution in [0.3, 0.4) is 0 Å². The number of carbonyl (C=O) groups excluding carboxylic acids is 1. The van der Waals surface area contributed by atoms with E-state index < -0.39 is 5.91 Å². The zero-order valence-corrected chi connectivity index (χ0v) is 10.0. The molecule has 0 aliphatic carbocycles. The van der Waals surface area contributed by atoms with Crippen molar-refractivity contribution in [3.05, 3.63) is 23.7 Å². The Bertz CT molecular complexity index is 339. The van der Waals surface area contributed by atoms with Crippen LogP contribution >= 0.6 is 11.8 Å². The lowest BCUT2D eigenvalue weighted by Gasteiger charge is -2.04. The molecule has 5 nitrogen and oxygen atoms in total. The first-order chi connectivity index (χ1) is 7.65. The molecule has 0 saturated heterocycles. The number of thioether (sulfide) groups is 1. The number of amides is 1. The maximum absolute atomic E-state index is 11.3. The highest BCUT2D eigenvalue weighted by atomic mass is 32.2. The van der Waals surface area contributed by atoms with E-state index in [1.807, 2.05) is 6.92 Å². The van der Waals surface area contributed by atoms with Gasteiger partial charge in [-0.05, 0) is 25.2 Å². The number of carbonyl (C=O) groups is 1. The third-order valence-corrected chi connectivity index (χ3v) is 3.10. The van der Waals surface area contributed by atoms with E-state index in [-0.39, 0.29) is 11.8 Å². The van der Waals surface area contributed by atoms with Crippen molar-refractivity contribution >= 4 is 17.7 Å². The van der Waals surface area contributed by atoms with Gasteiger partial charge in [0, 0.05) is 17.4 Å². The summed E-state index contributed by atoms with van der Waals surface area (Å²) in [6.07, 6.45) is 2.45. The monoisotopic (exact) mass is 243 g/mol. The smallest absolute Gasteiger partial charge is 0.301 e. The van der Waals surface area contributed by atoms with Crippen molar-refractivity contribution in [1.82, 2.24) is 5.43 Å². The normalized spacial score (nSPS) is 12.4. The molecule has 0 bridgehead atoms. The molecule has 1 aromatic heterocycles. The molecule has 6 heteroatoms. The first-order valence-corrected chi connectivity index (χ1v) is 6.21. The number of hydrogen-bond acceptors (Lipinski definition) is 5. The average Bonchev–Trinajstić information content (AvgIpc) is 2.71.